The van der Waals surface area contributed by atoms with E-state index >= 15 is 0 Å². The van der Waals surface area contributed by atoms with Crippen molar-refractivity contribution >= 4 is 0 Å². The number of nitrogens with two attached hydrogens (primary N) is 1. The standard InChI is InChI=1S/C8H18N2O/c1-7(11)10-4-2-8(6-9)3-5-10/h7-8,11H,2-6,9H2,1H3. The van der Waals surface area contributed by atoms with Crippen LogP contribution in [0.3, 0.4) is 0 Å². The van der Waals surface area contributed by atoms with Crippen molar-refractivity contribution < 1.29 is 5.11 Å². The number of nitrogens with zero attached hydrogens (tertiary/aromatic N) is 1. The summed E-state index contributed by atoms with van der Waals surface area (Å²) in [4.78, 5) is 2.09. The van der Waals surface area contributed by atoms with Gasteiger partial charge in [-0.1, -0.05) is 0 Å². The van der Waals surface area contributed by atoms with Gasteiger partial charge in [-0.05, 0) is 32.2 Å². The average molecular weight is 158 g/mol. The molecule has 1 fully saturated rings. The molecular formula is C8H18N2O. The molecule has 3 N–H and O–H groups in total. The molecule has 1 atom stereocenters. The largest absolute Gasteiger partial charge is 0.379 e. The monoisotopic (exact) mass is 158 g/mol. The van der Waals surface area contributed by atoms with Crippen LogP contribution in [0.15, 0.2) is 0 Å². The fourth-order valence-electron chi connectivity index (χ4n) is 1.56. The van der Waals surface area contributed by atoms with Crippen LogP contribution in [0.5, 0.6) is 0 Å². The maximum atomic E-state index is 9.23. The smallest absolute Gasteiger partial charge is 0.104 e. The Morgan fingerprint density at radius 3 is 2.45 bits per heavy atom. The van der Waals surface area contributed by atoms with E-state index in [0.717, 1.165) is 32.5 Å². The minimum Gasteiger partial charge on any atom is -0.379 e. The number of likely N-dealkylation sites (tertiary alicyclic amines) is 1. The fourth-order valence-corrected chi connectivity index (χ4v) is 1.56. The van der Waals surface area contributed by atoms with Crippen LogP contribution in [0.1, 0.15) is 19.8 Å². The van der Waals surface area contributed by atoms with Crippen LogP contribution in [-0.4, -0.2) is 35.9 Å². The lowest BCUT2D eigenvalue weighted by Crippen LogP contribution is -2.41. The van der Waals surface area contributed by atoms with Gasteiger partial charge in [-0.3, -0.25) is 4.90 Å². The van der Waals surface area contributed by atoms with E-state index in [2.05, 4.69) is 4.90 Å². The second-order valence-electron chi connectivity index (χ2n) is 3.35. The van der Waals surface area contributed by atoms with Crippen molar-refractivity contribution in [2.45, 2.75) is 26.0 Å². The molecule has 66 valence electrons. The van der Waals surface area contributed by atoms with Crippen molar-refractivity contribution in [3.05, 3.63) is 0 Å². The highest BCUT2D eigenvalue weighted by atomic mass is 16.3. The van der Waals surface area contributed by atoms with Crippen molar-refractivity contribution in [2.75, 3.05) is 19.6 Å². The van der Waals surface area contributed by atoms with E-state index in [4.69, 9.17) is 5.73 Å². The summed E-state index contributed by atoms with van der Waals surface area (Å²) in [6, 6.07) is 0. The SMILES string of the molecule is CC(O)N1CCC(CN)CC1. The molecule has 1 heterocycles. The van der Waals surface area contributed by atoms with Gasteiger partial charge in [0.1, 0.15) is 6.23 Å². The number of hydrogen-bond donors (Lipinski definition) is 2. The molecular weight excluding hydrogens is 140 g/mol. The van der Waals surface area contributed by atoms with Gasteiger partial charge >= 0.3 is 0 Å². The molecule has 1 saturated heterocycles. The van der Waals surface area contributed by atoms with Crippen LogP contribution in [0.25, 0.3) is 0 Å². The predicted molar refractivity (Wildman–Crippen MR) is 45.0 cm³/mol. The number of piperidine rings is 1. The molecule has 1 aliphatic heterocycles. The Labute approximate surface area is 68.2 Å². The minimum absolute atomic E-state index is 0.284. The zero-order valence-electron chi connectivity index (χ0n) is 7.16. The molecule has 0 radical (unpaired) electrons. The molecule has 3 heteroatoms. The molecule has 0 aromatic rings. The molecule has 1 rings (SSSR count). The van der Waals surface area contributed by atoms with Gasteiger partial charge in [0.2, 0.25) is 0 Å². The van der Waals surface area contributed by atoms with E-state index in [0.29, 0.717) is 5.92 Å². The van der Waals surface area contributed by atoms with Crippen LogP contribution in [0.4, 0.5) is 0 Å². The highest BCUT2D eigenvalue weighted by molar-refractivity contribution is 4.72. The van der Waals surface area contributed by atoms with Crippen LogP contribution in [0.2, 0.25) is 0 Å². The highest BCUT2D eigenvalue weighted by Crippen LogP contribution is 2.16. The van der Waals surface area contributed by atoms with Crippen LogP contribution >= 0.6 is 0 Å². The van der Waals surface area contributed by atoms with E-state index in [1.807, 2.05) is 6.92 Å². The second-order valence-corrected chi connectivity index (χ2v) is 3.35. The third-order valence-corrected chi connectivity index (χ3v) is 2.51. The van der Waals surface area contributed by atoms with Crippen LogP contribution in [-0.2, 0) is 0 Å². The Morgan fingerprint density at radius 1 is 1.55 bits per heavy atom. The van der Waals surface area contributed by atoms with Gasteiger partial charge in [0.15, 0.2) is 0 Å². The molecule has 3 nitrogen and oxygen atoms in total. The number of aliphatic hydroxyl groups excluding tert-OH is 1. The molecule has 0 spiro atoms. The average Bonchev–Trinajstić information content (AvgIpc) is 2.05. The van der Waals surface area contributed by atoms with E-state index in [1.54, 1.807) is 0 Å². The lowest BCUT2D eigenvalue weighted by atomic mass is 9.97. The first-order valence-electron chi connectivity index (χ1n) is 4.36. The second kappa shape index (κ2) is 4.04. The van der Waals surface area contributed by atoms with Gasteiger partial charge in [-0.25, -0.2) is 0 Å². The first kappa shape index (κ1) is 8.97. The van der Waals surface area contributed by atoms with E-state index in [9.17, 15) is 5.11 Å². The van der Waals surface area contributed by atoms with Crippen molar-refractivity contribution in [3.63, 3.8) is 0 Å². The number of rotatable bonds is 2. The first-order valence-corrected chi connectivity index (χ1v) is 4.36. The normalized spacial score (nSPS) is 25.4. The Balaban J connectivity index is 2.24. The zero-order valence-corrected chi connectivity index (χ0v) is 7.16. The molecule has 0 bridgehead atoms. The summed E-state index contributed by atoms with van der Waals surface area (Å²) in [7, 11) is 0. The molecule has 0 saturated carbocycles. The Kier molecular flexibility index (Phi) is 3.30. The molecule has 0 aliphatic carbocycles. The zero-order chi connectivity index (χ0) is 8.27. The van der Waals surface area contributed by atoms with Crippen LogP contribution in [0, 0.1) is 5.92 Å². The maximum absolute atomic E-state index is 9.23. The highest BCUT2D eigenvalue weighted by Gasteiger charge is 2.19. The Bertz CT molecular complexity index is 109. The van der Waals surface area contributed by atoms with Gasteiger partial charge in [-0.15, -0.1) is 0 Å². The lowest BCUT2D eigenvalue weighted by molar-refractivity contribution is -0.00240. The van der Waals surface area contributed by atoms with Crippen molar-refractivity contribution in [1.29, 1.82) is 0 Å². The Hall–Kier alpha value is -0.120. The van der Waals surface area contributed by atoms with Crippen molar-refractivity contribution in [2.24, 2.45) is 11.7 Å². The summed E-state index contributed by atoms with van der Waals surface area (Å²) in [5, 5.41) is 9.23. The summed E-state index contributed by atoms with van der Waals surface area (Å²) < 4.78 is 0. The number of hydrogen-bond acceptors (Lipinski definition) is 3. The lowest BCUT2D eigenvalue weighted by Gasteiger charge is -2.33. The predicted octanol–water partition coefficient (Wildman–Crippen LogP) is -0.00460. The van der Waals surface area contributed by atoms with Gasteiger partial charge in [-0.2, -0.15) is 0 Å². The summed E-state index contributed by atoms with van der Waals surface area (Å²) in [5.74, 6) is 0.685. The first-order chi connectivity index (χ1) is 5.24. The Morgan fingerprint density at radius 2 is 2.09 bits per heavy atom. The molecule has 11 heavy (non-hydrogen) atoms. The van der Waals surface area contributed by atoms with Crippen molar-refractivity contribution in [3.8, 4) is 0 Å². The maximum Gasteiger partial charge on any atom is 0.104 e. The van der Waals surface area contributed by atoms with Gasteiger partial charge in [0.05, 0.1) is 0 Å². The molecule has 0 amide bonds. The van der Waals surface area contributed by atoms with Gasteiger partial charge in [0, 0.05) is 13.1 Å². The van der Waals surface area contributed by atoms with Gasteiger partial charge in [0.25, 0.3) is 0 Å². The van der Waals surface area contributed by atoms with Crippen LogP contribution < -0.4 is 5.73 Å². The summed E-state index contributed by atoms with van der Waals surface area (Å²) >= 11 is 0. The van der Waals surface area contributed by atoms with Crippen molar-refractivity contribution in [1.82, 2.24) is 4.90 Å². The molecule has 1 aliphatic rings. The summed E-state index contributed by atoms with van der Waals surface area (Å²) in [6.45, 7) is 4.62. The third-order valence-electron chi connectivity index (χ3n) is 2.51. The van der Waals surface area contributed by atoms with E-state index < -0.39 is 0 Å². The summed E-state index contributed by atoms with van der Waals surface area (Å²) in [6.07, 6.45) is 2.00. The fraction of sp³-hybridized carbons (Fsp3) is 1.00. The summed E-state index contributed by atoms with van der Waals surface area (Å²) in [5.41, 5.74) is 5.54. The molecule has 1 unspecified atom stereocenters. The van der Waals surface area contributed by atoms with Gasteiger partial charge < -0.3 is 10.8 Å². The van der Waals surface area contributed by atoms with E-state index in [-0.39, 0.29) is 6.23 Å². The topological polar surface area (TPSA) is 49.5 Å². The number of aliphatic hydroxyl groups is 1. The van der Waals surface area contributed by atoms with E-state index in [1.165, 1.54) is 0 Å². The quantitative estimate of drug-likeness (QED) is 0.594. The molecule has 0 aromatic heterocycles. The minimum atomic E-state index is -0.284. The molecule has 0 aromatic carbocycles. The third kappa shape index (κ3) is 2.43.